The summed E-state index contributed by atoms with van der Waals surface area (Å²) in [4.78, 5) is 0.0909. The van der Waals surface area contributed by atoms with Crippen LogP contribution in [0, 0.1) is 0 Å². The summed E-state index contributed by atoms with van der Waals surface area (Å²) in [6, 6.07) is 4.43. The molecule has 0 radical (unpaired) electrons. The van der Waals surface area contributed by atoms with Gasteiger partial charge in [0.1, 0.15) is 0 Å². The van der Waals surface area contributed by atoms with E-state index < -0.39 is 15.6 Å². The van der Waals surface area contributed by atoms with Crippen molar-refractivity contribution in [2.24, 2.45) is 0 Å². The first-order valence-corrected chi connectivity index (χ1v) is 7.15. The summed E-state index contributed by atoms with van der Waals surface area (Å²) in [6.07, 6.45) is 0. The summed E-state index contributed by atoms with van der Waals surface area (Å²) in [5, 5.41) is 9.06. The van der Waals surface area contributed by atoms with Crippen LogP contribution in [0.4, 0.5) is 5.69 Å². The minimum absolute atomic E-state index is 0.0909. The van der Waals surface area contributed by atoms with Crippen molar-refractivity contribution in [2.45, 2.75) is 24.3 Å². The number of benzene rings is 1. The van der Waals surface area contributed by atoms with Gasteiger partial charge in [0.25, 0.3) is 0 Å². The quantitative estimate of drug-likeness (QED) is 0.723. The summed E-state index contributed by atoms with van der Waals surface area (Å²) >= 11 is 3.15. The van der Waals surface area contributed by atoms with Gasteiger partial charge >= 0.3 is 0 Å². The zero-order valence-electron chi connectivity index (χ0n) is 9.57. The minimum Gasteiger partial charge on any atom is -0.399 e. The first-order chi connectivity index (χ1) is 7.68. The summed E-state index contributed by atoms with van der Waals surface area (Å²) < 4.78 is 26.9. The van der Waals surface area contributed by atoms with E-state index in [1.807, 2.05) is 0 Å². The molecule has 4 N–H and O–H groups in total. The maximum absolute atomic E-state index is 12.0. The molecule has 1 aromatic carbocycles. The van der Waals surface area contributed by atoms with Crippen LogP contribution >= 0.6 is 15.9 Å². The second-order valence-corrected chi connectivity index (χ2v) is 6.84. The van der Waals surface area contributed by atoms with E-state index in [-0.39, 0.29) is 11.5 Å². The van der Waals surface area contributed by atoms with Crippen molar-refractivity contribution < 1.29 is 13.5 Å². The molecule has 96 valence electrons. The maximum atomic E-state index is 12.0. The average molecular weight is 323 g/mol. The molecule has 0 fully saturated rings. The molecule has 0 bridgehead atoms. The summed E-state index contributed by atoms with van der Waals surface area (Å²) in [5.74, 6) is 0. The van der Waals surface area contributed by atoms with E-state index >= 15 is 0 Å². The van der Waals surface area contributed by atoms with Crippen LogP contribution in [0.2, 0.25) is 0 Å². The molecule has 0 spiro atoms. The molecule has 0 unspecified atom stereocenters. The van der Waals surface area contributed by atoms with E-state index in [1.165, 1.54) is 18.2 Å². The van der Waals surface area contributed by atoms with Crippen molar-refractivity contribution in [1.82, 2.24) is 4.72 Å². The Balaban J connectivity index is 3.14. The molecule has 0 saturated carbocycles. The van der Waals surface area contributed by atoms with Gasteiger partial charge in [0, 0.05) is 10.2 Å². The molecule has 0 saturated heterocycles. The number of aliphatic hydroxyl groups is 1. The largest absolute Gasteiger partial charge is 0.399 e. The molecule has 0 aliphatic carbocycles. The molecule has 0 heterocycles. The lowest BCUT2D eigenvalue weighted by Crippen LogP contribution is -2.46. The third kappa shape index (κ3) is 3.67. The van der Waals surface area contributed by atoms with Crippen LogP contribution in [0.25, 0.3) is 0 Å². The van der Waals surface area contributed by atoms with Crippen LogP contribution in [-0.2, 0) is 10.0 Å². The summed E-state index contributed by atoms with van der Waals surface area (Å²) in [7, 11) is -3.69. The molecule has 0 aliphatic rings. The molecular weight excluding hydrogens is 308 g/mol. The van der Waals surface area contributed by atoms with Crippen molar-refractivity contribution in [2.75, 3.05) is 12.3 Å². The second-order valence-electron chi connectivity index (χ2n) is 4.34. The highest BCUT2D eigenvalue weighted by Crippen LogP contribution is 2.25. The van der Waals surface area contributed by atoms with E-state index in [1.54, 1.807) is 13.8 Å². The third-order valence-electron chi connectivity index (χ3n) is 2.05. The van der Waals surface area contributed by atoms with Gasteiger partial charge in [-0.05, 0) is 48.0 Å². The SMILES string of the molecule is CC(C)(CO)NS(=O)(=O)c1ccc(N)cc1Br. The first kappa shape index (κ1) is 14.4. The van der Waals surface area contributed by atoms with E-state index in [4.69, 9.17) is 10.8 Å². The lowest BCUT2D eigenvalue weighted by Gasteiger charge is -2.23. The van der Waals surface area contributed by atoms with Crippen molar-refractivity contribution in [1.29, 1.82) is 0 Å². The number of hydrogen-bond acceptors (Lipinski definition) is 4. The van der Waals surface area contributed by atoms with Crippen LogP contribution in [0.5, 0.6) is 0 Å². The van der Waals surface area contributed by atoms with Gasteiger partial charge in [0.15, 0.2) is 0 Å². The number of nitrogen functional groups attached to an aromatic ring is 1. The number of anilines is 1. The fraction of sp³-hybridized carbons (Fsp3) is 0.400. The Morgan fingerprint density at radius 1 is 1.47 bits per heavy atom. The highest BCUT2D eigenvalue weighted by molar-refractivity contribution is 9.10. The van der Waals surface area contributed by atoms with Gasteiger partial charge in [-0.3, -0.25) is 0 Å². The highest BCUT2D eigenvalue weighted by atomic mass is 79.9. The molecule has 7 heteroatoms. The van der Waals surface area contributed by atoms with Crippen LogP contribution in [0.15, 0.2) is 27.6 Å². The number of aliphatic hydroxyl groups excluding tert-OH is 1. The Hall–Kier alpha value is -0.630. The zero-order chi connectivity index (χ0) is 13.3. The fourth-order valence-corrected chi connectivity index (χ4v) is 3.69. The molecule has 0 aromatic heterocycles. The topological polar surface area (TPSA) is 92.4 Å². The molecular formula is C10H15BrN2O3S. The molecule has 0 amide bonds. The molecule has 17 heavy (non-hydrogen) atoms. The zero-order valence-corrected chi connectivity index (χ0v) is 12.0. The summed E-state index contributed by atoms with van der Waals surface area (Å²) in [5.41, 5.74) is 5.09. The smallest absolute Gasteiger partial charge is 0.242 e. The summed E-state index contributed by atoms with van der Waals surface area (Å²) in [6.45, 7) is 2.89. The predicted octanol–water partition coefficient (Wildman–Crippen LogP) is 1.08. The molecule has 5 nitrogen and oxygen atoms in total. The van der Waals surface area contributed by atoms with Gasteiger partial charge in [-0.2, -0.15) is 0 Å². The van der Waals surface area contributed by atoms with Crippen LogP contribution in [-0.4, -0.2) is 25.7 Å². The van der Waals surface area contributed by atoms with Crippen molar-refractivity contribution >= 4 is 31.6 Å². The Morgan fingerprint density at radius 2 is 2.06 bits per heavy atom. The van der Waals surface area contributed by atoms with Gasteiger partial charge in [-0.25, -0.2) is 13.1 Å². The molecule has 0 atom stereocenters. The van der Waals surface area contributed by atoms with Gasteiger partial charge in [0.05, 0.1) is 17.0 Å². The highest BCUT2D eigenvalue weighted by Gasteiger charge is 2.26. The van der Waals surface area contributed by atoms with E-state index in [0.29, 0.717) is 10.2 Å². The van der Waals surface area contributed by atoms with E-state index in [0.717, 1.165) is 0 Å². The Labute approximate surface area is 109 Å². The molecule has 1 rings (SSSR count). The monoisotopic (exact) mass is 322 g/mol. The van der Waals surface area contributed by atoms with Crippen LogP contribution < -0.4 is 10.5 Å². The van der Waals surface area contributed by atoms with Crippen LogP contribution in [0.3, 0.4) is 0 Å². The number of hydrogen-bond donors (Lipinski definition) is 3. The van der Waals surface area contributed by atoms with E-state index in [9.17, 15) is 8.42 Å². The number of sulfonamides is 1. The third-order valence-corrected chi connectivity index (χ3v) is 4.73. The predicted molar refractivity (Wildman–Crippen MR) is 70.0 cm³/mol. The Morgan fingerprint density at radius 3 is 2.53 bits per heavy atom. The molecule has 0 aliphatic heterocycles. The van der Waals surface area contributed by atoms with Crippen molar-refractivity contribution in [3.8, 4) is 0 Å². The second kappa shape index (κ2) is 4.93. The maximum Gasteiger partial charge on any atom is 0.242 e. The number of nitrogens with one attached hydrogen (secondary N) is 1. The average Bonchev–Trinajstić information content (AvgIpc) is 2.15. The number of rotatable bonds is 4. The van der Waals surface area contributed by atoms with E-state index in [2.05, 4.69) is 20.7 Å². The fourth-order valence-electron chi connectivity index (χ4n) is 1.19. The van der Waals surface area contributed by atoms with Crippen molar-refractivity contribution in [3.05, 3.63) is 22.7 Å². The number of nitrogens with two attached hydrogens (primary N) is 1. The lowest BCUT2D eigenvalue weighted by molar-refractivity contribution is 0.208. The first-order valence-electron chi connectivity index (χ1n) is 4.88. The Kier molecular flexibility index (Phi) is 4.19. The van der Waals surface area contributed by atoms with Crippen molar-refractivity contribution in [3.63, 3.8) is 0 Å². The molecule has 1 aromatic rings. The Bertz CT molecular complexity index is 514. The van der Waals surface area contributed by atoms with Gasteiger partial charge < -0.3 is 10.8 Å². The standard InChI is InChI=1S/C10H15BrN2O3S/c1-10(2,6-14)13-17(15,16)9-4-3-7(12)5-8(9)11/h3-5,13-14H,6,12H2,1-2H3. The van der Waals surface area contributed by atoms with Gasteiger partial charge in [-0.15, -0.1) is 0 Å². The van der Waals surface area contributed by atoms with Gasteiger partial charge in [-0.1, -0.05) is 0 Å². The number of halogens is 1. The normalized spacial score (nSPS) is 12.7. The minimum atomic E-state index is -3.69. The van der Waals surface area contributed by atoms with Gasteiger partial charge in [0.2, 0.25) is 10.0 Å². The van der Waals surface area contributed by atoms with Crippen LogP contribution in [0.1, 0.15) is 13.8 Å². The lowest BCUT2D eigenvalue weighted by atomic mass is 10.1.